The molecule has 0 spiro atoms. The van der Waals surface area contributed by atoms with Crippen molar-refractivity contribution in [1.82, 2.24) is 0 Å². The van der Waals surface area contributed by atoms with E-state index in [1.165, 1.54) is 0 Å². The van der Waals surface area contributed by atoms with Gasteiger partial charge in [0.2, 0.25) is 0 Å². The zero-order chi connectivity index (χ0) is 18.6. The number of allylic oxidation sites excluding steroid dienone is 1. The molecule has 4 nitrogen and oxygen atoms in total. The van der Waals surface area contributed by atoms with E-state index in [1.807, 2.05) is 13.8 Å². The van der Waals surface area contributed by atoms with E-state index in [0.717, 1.165) is 24.6 Å². The first-order chi connectivity index (χ1) is 11.0. The number of hydrogen-bond acceptors (Lipinski definition) is 4. The quantitative estimate of drug-likeness (QED) is 0.384. The van der Waals surface area contributed by atoms with Crippen LogP contribution in [0.3, 0.4) is 0 Å². The van der Waals surface area contributed by atoms with Crippen LogP contribution in [-0.2, 0) is 18.0 Å². The van der Waals surface area contributed by atoms with Crippen LogP contribution in [0.25, 0.3) is 0 Å². The first-order valence-electron chi connectivity index (χ1n) is 9.25. The van der Waals surface area contributed by atoms with E-state index in [0.29, 0.717) is 13.2 Å². The van der Waals surface area contributed by atoms with Gasteiger partial charge < -0.3 is 13.5 Å². The van der Waals surface area contributed by atoms with Crippen LogP contribution in [-0.4, -0.2) is 27.6 Å². The van der Waals surface area contributed by atoms with Gasteiger partial charge in [0, 0.05) is 5.31 Å². The Balaban J connectivity index is 2.99. The number of rotatable bonds is 7. The lowest BCUT2D eigenvalue weighted by atomic mass is 10.0. The summed E-state index contributed by atoms with van der Waals surface area (Å²) in [6.07, 6.45) is 4.99. The van der Waals surface area contributed by atoms with E-state index in [1.54, 1.807) is 0 Å². The van der Waals surface area contributed by atoms with Crippen LogP contribution in [0, 0.1) is 5.92 Å². The second-order valence-electron chi connectivity index (χ2n) is 8.16. The molecular formula is C18H37O4PSi. The highest BCUT2D eigenvalue weighted by Crippen LogP contribution is 2.58. The molecule has 142 valence electrons. The van der Waals surface area contributed by atoms with Gasteiger partial charge in [-0.3, -0.25) is 4.57 Å². The van der Waals surface area contributed by atoms with Gasteiger partial charge in [0.15, 0.2) is 8.32 Å². The molecule has 0 saturated carbocycles. The van der Waals surface area contributed by atoms with Gasteiger partial charge in [-0.1, -0.05) is 33.8 Å². The summed E-state index contributed by atoms with van der Waals surface area (Å²) in [5.41, 5.74) is 0. The van der Waals surface area contributed by atoms with Gasteiger partial charge in [-0.25, -0.2) is 0 Å². The second-order valence-corrected chi connectivity index (χ2v) is 15.0. The van der Waals surface area contributed by atoms with Crippen LogP contribution in [0.15, 0.2) is 11.4 Å². The summed E-state index contributed by atoms with van der Waals surface area (Å²) >= 11 is 0. The van der Waals surface area contributed by atoms with Gasteiger partial charge in [-0.15, -0.1) is 0 Å². The van der Waals surface area contributed by atoms with Crippen molar-refractivity contribution < 1.29 is 18.0 Å². The third-order valence-corrected chi connectivity index (χ3v) is 11.9. The summed E-state index contributed by atoms with van der Waals surface area (Å²) in [7, 11) is -4.97. The standard InChI is InChI=1S/C18H37O4PSi/c1-9-20-23(19,21-10-2)16-12-11-13-17(15(3)14-16)22-24(7,8)18(4,5)6/h14-15,17H,9-13H2,1-8H3/t15-,17-/m1/s1. The Morgan fingerprint density at radius 3 is 2.21 bits per heavy atom. The molecule has 0 fully saturated rings. The minimum Gasteiger partial charge on any atom is -0.413 e. The normalized spacial score (nSPS) is 23.8. The zero-order valence-corrected chi connectivity index (χ0v) is 18.7. The van der Waals surface area contributed by atoms with Crippen molar-refractivity contribution in [1.29, 1.82) is 0 Å². The minimum atomic E-state index is -3.15. The Kier molecular flexibility index (Phi) is 7.95. The van der Waals surface area contributed by atoms with E-state index >= 15 is 0 Å². The highest BCUT2D eigenvalue weighted by molar-refractivity contribution is 7.58. The molecule has 1 aliphatic rings. The molecule has 0 unspecified atom stereocenters. The molecule has 0 saturated heterocycles. The summed E-state index contributed by atoms with van der Waals surface area (Å²) in [5.74, 6) is 0.214. The van der Waals surface area contributed by atoms with Crippen LogP contribution in [0.4, 0.5) is 0 Å². The average Bonchev–Trinajstić information content (AvgIpc) is 2.61. The first kappa shape index (κ1) is 22.1. The van der Waals surface area contributed by atoms with Gasteiger partial charge in [0.05, 0.1) is 19.3 Å². The summed E-state index contributed by atoms with van der Waals surface area (Å²) in [6.45, 7) is 18.0. The molecular weight excluding hydrogens is 339 g/mol. The van der Waals surface area contributed by atoms with Gasteiger partial charge in [0.25, 0.3) is 0 Å². The lowest BCUT2D eigenvalue weighted by molar-refractivity contribution is 0.137. The van der Waals surface area contributed by atoms with Crippen LogP contribution in [0.1, 0.15) is 60.8 Å². The highest BCUT2D eigenvalue weighted by Gasteiger charge is 2.41. The van der Waals surface area contributed by atoms with Gasteiger partial charge in [-0.2, -0.15) is 0 Å². The van der Waals surface area contributed by atoms with Crippen molar-refractivity contribution in [2.45, 2.75) is 85.0 Å². The minimum absolute atomic E-state index is 0.181. The summed E-state index contributed by atoms with van der Waals surface area (Å²) < 4.78 is 30.8. The summed E-state index contributed by atoms with van der Waals surface area (Å²) in [6, 6.07) is 0. The molecule has 0 aromatic carbocycles. The van der Waals surface area contributed by atoms with Crippen molar-refractivity contribution in [3.8, 4) is 0 Å². The molecule has 2 atom stereocenters. The third-order valence-electron chi connectivity index (χ3n) is 5.17. The molecule has 0 bridgehead atoms. The Morgan fingerprint density at radius 1 is 1.21 bits per heavy atom. The predicted octanol–water partition coefficient (Wildman–Crippen LogP) is 6.35. The molecule has 0 aliphatic heterocycles. The summed E-state index contributed by atoms with van der Waals surface area (Å²) in [4.78, 5) is 0. The molecule has 0 N–H and O–H groups in total. The van der Waals surface area contributed by atoms with Crippen LogP contribution in [0.5, 0.6) is 0 Å². The summed E-state index contributed by atoms with van der Waals surface area (Å²) in [5, 5.41) is 1.03. The topological polar surface area (TPSA) is 44.8 Å². The molecule has 0 amide bonds. The SMILES string of the molecule is CCOP(=O)(OCC)C1=C[C@@H](C)[C@H](O[Si](C)(C)C(C)(C)C)CCC1. The molecule has 6 heteroatoms. The van der Waals surface area contributed by atoms with Crippen molar-refractivity contribution >= 4 is 15.9 Å². The molecule has 24 heavy (non-hydrogen) atoms. The maximum atomic E-state index is 13.1. The lowest BCUT2D eigenvalue weighted by Gasteiger charge is -2.40. The maximum absolute atomic E-state index is 13.1. The molecule has 1 rings (SSSR count). The molecule has 0 aromatic heterocycles. The monoisotopic (exact) mass is 376 g/mol. The van der Waals surface area contributed by atoms with Gasteiger partial charge in [0.1, 0.15) is 0 Å². The maximum Gasteiger partial charge on any atom is 0.356 e. The van der Waals surface area contributed by atoms with E-state index in [-0.39, 0.29) is 17.1 Å². The van der Waals surface area contributed by atoms with E-state index in [9.17, 15) is 4.57 Å². The number of hydrogen-bond donors (Lipinski definition) is 0. The Hall–Kier alpha value is 0.0669. The highest BCUT2D eigenvalue weighted by atomic mass is 31.2. The molecule has 1 aliphatic carbocycles. The Labute approximate surface area is 150 Å². The van der Waals surface area contributed by atoms with Gasteiger partial charge in [-0.05, 0) is 57.2 Å². The lowest BCUT2D eigenvalue weighted by Crippen LogP contribution is -2.45. The first-order valence-corrected chi connectivity index (χ1v) is 13.7. The van der Waals surface area contributed by atoms with Crippen molar-refractivity contribution in [2.75, 3.05) is 13.2 Å². The Bertz CT molecular complexity index is 472. The zero-order valence-electron chi connectivity index (χ0n) is 16.8. The molecule has 0 radical (unpaired) electrons. The van der Waals surface area contributed by atoms with E-state index < -0.39 is 15.9 Å². The van der Waals surface area contributed by atoms with Gasteiger partial charge >= 0.3 is 7.60 Å². The van der Waals surface area contributed by atoms with E-state index in [2.05, 4.69) is 46.9 Å². The van der Waals surface area contributed by atoms with Crippen LogP contribution < -0.4 is 0 Å². The van der Waals surface area contributed by atoms with Crippen molar-refractivity contribution in [3.05, 3.63) is 11.4 Å². The second kappa shape index (κ2) is 8.63. The fourth-order valence-corrected chi connectivity index (χ4v) is 6.11. The largest absolute Gasteiger partial charge is 0.413 e. The average molecular weight is 377 g/mol. The van der Waals surface area contributed by atoms with E-state index in [4.69, 9.17) is 13.5 Å². The smallest absolute Gasteiger partial charge is 0.356 e. The molecule has 0 heterocycles. The fourth-order valence-electron chi connectivity index (χ4n) is 2.73. The van der Waals surface area contributed by atoms with Crippen molar-refractivity contribution in [3.63, 3.8) is 0 Å². The fraction of sp³-hybridized carbons (Fsp3) is 0.889. The van der Waals surface area contributed by atoms with Crippen LogP contribution >= 0.6 is 7.60 Å². The van der Waals surface area contributed by atoms with Crippen molar-refractivity contribution in [2.24, 2.45) is 5.92 Å². The predicted molar refractivity (Wildman–Crippen MR) is 104 cm³/mol. The van der Waals surface area contributed by atoms with Crippen LogP contribution in [0.2, 0.25) is 18.1 Å². The Morgan fingerprint density at radius 2 is 1.75 bits per heavy atom. The molecule has 0 aromatic rings. The third kappa shape index (κ3) is 5.53.